The second-order valence-electron chi connectivity index (χ2n) is 9.17. The van der Waals surface area contributed by atoms with Crippen LogP contribution >= 0.6 is 0 Å². The van der Waals surface area contributed by atoms with Crippen LogP contribution in [0.15, 0.2) is 0 Å². The third-order valence-corrected chi connectivity index (χ3v) is 7.37. The molecule has 0 bridgehead atoms. The summed E-state index contributed by atoms with van der Waals surface area (Å²) in [6, 6.07) is 0. The van der Waals surface area contributed by atoms with Gasteiger partial charge in [-0.2, -0.15) is 0 Å². The van der Waals surface area contributed by atoms with Crippen molar-refractivity contribution in [3.8, 4) is 11.8 Å². The monoisotopic (exact) mass is 362 g/mol. The Balaban J connectivity index is 1.39. The first-order chi connectivity index (χ1) is 12.7. The lowest BCUT2D eigenvalue weighted by atomic mass is 9.80. The van der Waals surface area contributed by atoms with Gasteiger partial charge in [-0.25, -0.2) is 4.39 Å². The molecular formula is C24H39FO. The fourth-order valence-electron chi connectivity index (χ4n) is 5.25. The molecular weight excluding hydrogens is 323 g/mol. The smallest absolute Gasteiger partial charge is 0.127 e. The first-order valence-corrected chi connectivity index (χ1v) is 11.5. The summed E-state index contributed by atoms with van der Waals surface area (Å²) in [7, 11) is 0. The molecule has 0 aromatic rings. The summed E-state index contributed by atoms with van der Waals surface area (Å²) in [4.78, 5) is 0. The van der Waals surface area contributed by atoms with E-state index in [0.717, 1.165) is 37.5 Å². The number of hydrogen-bond acceptors (Lipinski definition) is 1. The molecule has 0 N–H and O–H groups in total. The van der Waals surface area contributed by atoms with Crippen LogP contribution in [0.25, 0.3) is 0 Å². The van der Waals surface area contributed by atoms with Gasteiger partial charge in [0.15, 0.2) is 0 Å². The topological polar surface area (TPSA) is 9.23 Å². The second kappa shape index (κ2) is 10.1. The van der Waals surface area contributed by atoms with Gasteiger partial charge in [-0.3, -0.25) is 0 Å². The van der Waals surface area contributed by atoms with Crippen LogP contribution in [0.4, 0.5) is 4.39 Å². The highest BCUT2D eigenvalue weighted by Crippen LogP contribution is 2.34. The summed E-state index contributed by atoms with van der Waals surface area (Å²) in [5.74, 6) is 9.57. The third-order valence-electron chi connectivity index (χ3n) is 7.37. The van der Waals surface area contributed by atoms with Crippen LogP contribution in [-0.4, -0.2) is 18.4 Å². The molecule has 0 saturated heterocycles. The molecule has 3 unspecified atom stereocenters. The Kier molecular flexibility index (Phi) is 7.86. The van der Waals surface area contributed by atoms with Gasteiger partial charge in [0.1, 0.15) is 6.17 Å². The van der Waals surface area contributed by atoms with E-state index in [1.165, 1.54) is 51.4 Å². The standard InChI is InChI=1S/C24H39FO/c1-3-18-5-7-20(8-6-18)9-10-21-13-16-24(23(25)17-21)26-22-14-11-19(4-2)12-15-22/h18-24H,3-8,11-17H2,1-2H3. The molecule has 0 aromatic carbocycles. The minimum absolute atomic E-state index is 0.170. The summed E-state index contributed by atoms with van der Waals surface area (Å²) >= 11 is 0. The third kappa shape index (κ3) is 5.72. The lowest BCUT2D eigenvalue weighted by Gasteiger charge is -2.35. The maximum absolute atomic E-state index is 14.7. The molecule has 0 aliphatic heterocycles. The summed E-state index contributed by atoms with van der Waals surface area (Å²) in [5, 5.41) is 0. The zero-order valence-electron chi connectivity index (χ0n) is 17.0. The van der Waals surface area contributed by atoms with E-state index in [9.17, 15) is 4.39 Å². The highest BCUT2D eigenvalue weighted by molar-refractivity contribution is 5.10. The van der Waals surface area contributed by atoms with E-state index in [2.05, 4.69) is 25.7 Å². The van der Waals surface area contributed by atoms with Crippen molar-refractivity contribution in [1.82, 2.24) is 0 Å². The van der Waals surface area contributed by atoms with Crippen molar-refractivity contribution < 1.29 is 9.13 Å². The zero-order chi connectivity index (χ0) is 18.4. The Bertz CT molecular complexity index is 462. The molecule has 26 heavy (non-hydrogen) atoms. The molecule has 0 radical (unpaired) electrons. The number of alkyl halides is 1. The van der Waals surface area contributed by atoms with E-state index in [4.69, 9.17) is 4.74 Å². The lowest BCUT2D eigenvalue weighted by Crippen LogP contribution is -2.37. The Hall–Kier alpha value is -0.550. The van der Waals surface area contributed by atoms with Crippen molar-refractivity contribution in [2.24, 2.45) is 23.7 Å². The Morgan fingerprint density at radius 2 is 1.27 bits per heavy atom. The van der Waals surface area contributed by atoms with Crippen LogP contribution < -0.4 is 0 Å². The molecule has 0 amide bonds. The van der Waals surface area contributed by atoms with Crippen LogP contribution in [0.3, 0.4) is 0 Å². The van der Waals surface area contributed by atoms with Crippen LogP contribution in [-0.2, 0) is 4.74 Å². The van der Waals surface area contributed by atoms with E-state index in [0.29, 0.717) is 18.4 Å². The Morgan fingerprint density at radius 1 is 0.731 bits per heavy atom. The number of hydrogen-bond donors (Lipinski definition) is 0. The van der Waals surface area contributed by atoms with Crippen LogP contribution in [0.1, 0.15) is 97.3 Å². The average Bonchev–Trinajstić information content (AvgIpc) is 2.69. The molecule has 3 aliphatic rings. The fraction of sp³-hybridized carbons (Fsp3) is 0.917. The van der Waals surface area contributed by atoms with Crippen LogP contribution in [0, 0.1) is 35.5 Å². The summed E-state index contributed by atoms with van der Waals surface area (Å²) in [5.41, 5.74) is 0. The van der Waals surface area contributed by atoms with Crippen LogP contribution in [0.2, 0.25) is 0 Å². The first kappa shape index (κ1) is 20.2. The van der Waals surface area contributed by atoms with Crippen molar-refractivity contribution in [2.45, 2.75) is 116 Å². The molecule has 0 heterocycles. The van der Waals surface area contributed by atoms with Crippen molar-refractivity contribution in [3.63, 3.8) is 0 Å². The van der Waals surface area contributed by atoms with Crippen LogP contribution in [0.5, 0.6) is 0 Å². The zero-order valence-corrected chi connectivity index (χ0v) is 17.0. The lowest BCUT2D eigenvalue weighted by molar-refractivity contribution is -0.0878. The SMILES string of the molecule is CCC1CCC(C#CC2CCC(OC3CCC(CC)CC3)C(F)C2)CC1. The highest BCUT2D eigenvalue weighted by atomic mass is 19.1. The molecule has 3 fully saturated rings. The van der Waals surface area contributed by atoms with Gasteiger partial charge in [0, 0.05) is 11.8 Å². The summed E-state index contributed by atoms with van der Waals surface area (Å²) in [6.07, 6.45) is 14.3. The van der Waals surface area contributed by atoms with E-state index in [-0.39, 0.29) is 12.0 Å². The van der Waals surface area contributed by atoms with E-state index >= 15 is 0 Å². The number of ether oxygens (including phenoxy) is 1. The van der Waals surface area contributed by atoms with Gasteiger partial charge in [0.2, 0.25) is 0 Å². The molecule has 2 heteroatoms. The van der Waals surface area contributed by atoms with Gasteiger partial charge < -0.3 is 4.74 Å². The van der Waals surface area contributed by atoms with E-state index in [1.807, 2.05) is 0 Å². The van der Waals surface area contributed by atoms with Gasteiger partial charge in [-0.05, 0) is 82.5 Å². The van der Waals surface area contributed by atoms with E-state index in [1.54, 1.807) is 0 Å². The van der Waals surface area contributed by atoms with Gasteiger partial charge in [0.25, 0.3) is 0 Å². The quantitative estimate of drug-likeness (QED) is 0.506. The molecule has 148 valence electrons. The molecule has 0 spiro atoms. The highest BCUT2D eigenvalue weighted by Gasteiger charge is 2.33. The Labute approximate surface area is 160 Å². The van der Waals surface area contributed by atoms with Gasteiger partial charge in [0.05, 0.1) is 12.2 Å². The Morgan fingerprint density at radius 3 is 1.85 bits per heavy atom. The molecule has 1 nitrogen and oxygen atoms in total. The molecule has 3 saturated carbocycles. The predicted octanol–water partition coefficient (Wildman–Crippen LogP) is 6.70. The van der Waals surface area contributed by atoms with Crippen molar-refractivity contribution in [2.75, 3.05) is 0 Å². The summed E-state index contributed by atoms with van der Waals surface area (Å²) < 4.78 is 20.8. The van der Waals surface area contributed by atoms with Crippen molar-refractivity contribution >= 4 is 0 Å². The average molecular weight is 363 g/mol. The van der Waals surface area contributed by atoms with Crippen molar-refractivity contribution in [3.05, 3.63) is 0 Å². The largest absolute Gasteiger partial charge is 0.372 e. The summed E-state index contributed by atoms with van der Waals surface area (Å²) in [6.45, 7) is 4.58. The van der Waals surface area contributed by atoms with Gasteiger partial charge in [-0.15, -0.1) is 0 Å². The maximum atomic E-state index is 14.7. The minimum Gasteiger partial charge on any atom is -0.372 e. The molecule has 3 aliphatic carbocycles. The number of halogens is 1. The predicted molar refractivity (Wildman–Crippen MR) is 107 cm³/mol. The normalized spacial score (nSPS) is 41.3. The fourth-order valence-corrected chi connectivity index (χ4v) is 5.25. The molecule has 3 atom stereocenters. The van der Waals surface area contributed by atoms with Crippen molar-refractivity contribution in [1.29, 1.82) is 0 Å². The first-order valence-electron chi connectivity index (χ1n) is 11.5. The second-order valence-corrected chi connectivity index (χ2v) is 9.17. The van der Waals surface area contributed by atoms with E-state index < -0.39 is 6.17 Å². The number of rotatable bonds is 4. The van der Waals surface area contributed by atoms with Gasteiger partial charge >= 0.3 is 0 Å². The molecule has 3 rings (SSSR count). The van der Waals surface area contributed by atoms with Gasteiger partial charge in [-0.1, -0.05) is 38.5 Å². The maximum Gasteiger partial charge on any atom is 0.127 e. The molecule has 0 aromatic heterocycles. The minimum atomic E-state index is -0.817.